The number of carboxylic acids is 1. The molecular formula is C13H14BrNO4. The van der Waals surface area contributed by atoms with Crippen molar-refractivity contribution in [2.45, 2.75) is 6.92 Å². The van der Waals surface area contributed by atoms with E-state index in [0.29, 0.717) is 16.6 Å². The van der Waals surface area contributed by atoms with Crippen molar-refractivity contribution in [1.82, 2.24) is 4.90 Å². The van der Waals surface area contributed by atoms with Gasteiger partial charge in [0.05, 0.1) is 10.4 Å². The number of rotatable bonds is 2. The summed E-state index contributed by atoms with van der Waals surface area (Å²) in [5.74, 6) is -1.72. The van der Waals surface area contributed by atoms with Gasteiger partial charge in [-0.3, -0.25) is 9.59 Å². The highest BCUT2D eigenvalue weighted by Gasteiger charge is 2.37. The van der Waals surface area contributed by atoms with Crippen LogP contribution in [0.25, 0.3) is 0 Å². The van der Waals surface area contributed by atoms with Gasteiger partial charge in [0.2, 0.25) is 0 Å². The van der Waals surface area contributed by atoms with Crippen molar-refractivity contribution in [3.8, 4) is 5.75 Å². The molecule has 0 aromatic heterocycles. The molecule has 5 nitrogen and oxygen atoms in total. The van der Waals surface area contributed by atoms with Crippen LogP contribution in [0.4, 0.5) is 0 Å². The van der Waals surface area contributed by atoms with Gasteiger partial charge in [0.25, 0.3) is 5.91 Å². The molecule has 0 spiro atoms. The van der Waals surface area contributed by atoms with Crippen LogP contribution in [0.5, 0.6) is 5.75 Å². The van der Waals surface area contributed by atoms with Crippen LogP contribution in [-0.4, -0.2) is 40.1 Å². The van der Waals surface area contributed by atoms with Gasteiger partial charge in [-0.2, -0.15) is 0 Å². The van der Waals surface area contributed by atoms with E-state index < -0.39 is 11.9 Å². The minimum atomic E-state index is -0.874. The lowest BCUT2D eigenvalue weighted by Gasteiger charge is -2.16. The number of hydrogen-bond donors (Lipinski definition) is 2. The molecule has 2 rings (SSSR count). The number of phenols is 1. The predicted octanol–water partition coefficient (Wildman–Crippen LogP) is 1.95. The Balaban J connectivity index is 2.17. The Morgan fingerprint density at radius 2 is 2.05 bits per heavy atom. The molecule has 2 atom stereocenters. The fourth-order valence-corrected chi connectivity index (χ4v) is 2.53. The molecule has 2 N–H and O–H groups in total. The largest absolute Gasteiger partial charge is 0.507 e. The van der Waals surface area contributed by atoms with Gasteiger partial charge in [-0.05, 0) is 40.0 Å². The minimum Gasteiger partial charge on any atom is -0.507 e. The molecule has 1 amide bonds. The molecule has 102 valence electrons. The van der Waals surface area contributed by atoms with E-state index in [-0.39, 0.29) is 24.1 Å². The van der Waals surface area contributed by atoms with Crippen molar-refractivity contribution in [3.05, 3.63) is 28.2 Å². The average molecular weight is 328 g/mol. The molecule has 6 heteroatoms. The van der Waals surface area contributed by atoms with Crippen molar-refractivity contribution in [2.24, 2.45) is 11.8 Å². The van der Waals surface area contributed by atoms with Crippen LogP contribution >= 0.6 is 15.9 Å². The van der Waals surface area contributed by atoms with Crippen LogP contribution in [-0.2, 0) is 4.79 Å². The molecule has 0 aliphatic carbocycles. The second kappa shape index (κ2) is 5.21. The second-order valence-electron chi connectivity index (χ2n) is 4.80. The molecule has 1 fully saturated rings. The molecule has 1 aromatic rings. The van der Waals surface area contributed by atoms with Crippen LogP contribution in [0.3, 0.4) is 0 Å². The van der Waals surface area contributed by atoms with E-state index in [1.807, 2.05) is 6.92 Å². The number of carbonyl (C=O) groups excluding carboxylic acids is 1. The first-order valence-corrected chi connectivity index (χ1v) is 6.70. The fourth-order valence-electron chi connectivity index (χ4n) is 2.28. The smallest absolute Gasteiger partial charge is 0.308 e. The predicted molar refractivity (Wildman–Crippen MR) is 72.0 cm³/mol. The van der Waals surface area contributed by atoms with Gasteiger partial charge in [0.1, 0.15) is 5.75 Å². The molecule has 2 unspecified atom stereocenters. The number of phenolic OH excluding ortho intramolecular Hbond substituents is 1. The van der Waals surface area contributed by atoms with Crippen molar-refractivity contribution in [2.75, 3.05) is 13.1 Å². The maximum absolute atomic E-state index is 12.2. The Kier molecular flexibility index (Phi) is 3.80. The van der Waals surface area contributed by atoms with Crippen molar-refractivity contribution < 1.29 is 19.8 Å². The van der Waals surface area contributed by atoms with E-state index in [0.717, 1.165) is 0 Å². The molecule has 1 heterocycles. The van der Waals surface area contributed by atoms with Gasteiger partial charge < -0.3 is 15.1 Å². The van der Waals surface area contributed by atoms with Crippen LogP contribution in [0.1, 0.15) is 17.3 Å². The number of benzene rings is 1. The Morgan fingerprint density at radius 1 is 1.37 bits per heavy atom. The summed E-state index contributed by atoms with van der Waals surface area (Å²) in [6, 6.07) is 4.58. The van der Waals surface area contributed by atoms with Crippen molar-refractivity contribution >= 4 is 27.8 Å². The number of nitrogens with zero attached hydrogens (tertiary/aromatic N) is 1. The van der Waals surface area contributed by atoms with Crippen LogP contribution in [0.15, 0.2) is 22.7 Å². The number of amides is 1. The zero-order valence-corrected chi connectivity index (χ0v) is 11.9. The second-order valence-corrected chi connectivity index (χ2v) is 5.65. The highest BCUT2D eigenvalue weighted by Crippen LogP contribution is 2.28. The van der Waals surface area contributed by atoms with E-state index in [9.17, 15) is 14.7 Å². The van der Waals surface area contributed by atoms with Crippen LogP contribution in [0.2, 0.25) is 0 Å². The highest BCUT2D eigenvalue weighted by molar-refractivity contribution is 9.10. The topological polar surface area (TPSA) is 77.8 Å². The lowest BCUT2D eigenvalue weighted by molar-refractivity contribution is -0.142. The number of aromatic hydroxyl groups is 1. The monoisotopic (exact) mass is 327 g/mol. The summed E-state index contributed by atoms with van der Waals surface area (Å²) in [5.41, 5.74) is 0.360. The molecule has 1 aliphatic heterocycles. The average Bonchev–Trinajstić information content (AvgIpc) is 2.74. The van der Waals surface area contributed by atoms with Crippen LogP contribution in [0, 0.1) is 11.8 Å². The summed E-state index contributed by atoms with van der Waals surface area (Å²) in [7, 11) is 0. The highest BCUT2D eigenvalue weighted by atomic mass is 79.9. The van der Waals surface area contributed by atoms with Crippen LogP contribution < -0.4 is 0 Å². The lowest BCUT2D eigenvalue weighted by Crippen LogP contribution is -2.29. The maximum Gasteiger partial charge on any atom is 0.308 e. The van der Waals surface area contributed by atoms with Gasteiger partial charge in [0.15, 0.2) is 0 Å². The summed E-state index contributed by atoms with van der Waals surface area (Å²) in [6.45, 7) is 2.46. The third kappa shape index (κ3) is 2.73. The quantitative estimate of drug-likeness (QED) is 0.870. The normalized spacial score (nSPS) is 22.5. The van der Waals surface area contributed by atoms with E-state index >= 15 is 0 Å². The first-order valence-electron chi connectivity index (χ1n) is 5.90. The van der Waals surface area contributed by atoms with E-state index in [2.05, 4.69) is 15.9 Å². The van der Waals surface area contributed by atoms with Crippen molar-refractivity contribution in [1.29, 1.82) is 0 Å². The first-order chi connectivity index (χ1) is 8.90. The number of hydrogen-bond acceptors (Lipinski definition) is 3. The zero-order valence-electron chi connectivity index (χ0n) is 10.3. The third-order valence-electron chi connectivity index (χ3n) is 3.41. The Hall–Kier alpha value is -1.56. The number of likely N-dealkylation sites (tertiary alicyclic amines) is 1. The SMILES string of the molecule is CC1CN(C(=O)c2ccc(Br)c(O)c2)CC1C(=O)O. The summed E-state index contributed by atoms with van der Waals surface area (Å²) < 4.78 is 0.516. The van der Waals surface area contributed by atoms with Crippen molar-refractivity contribution in [3.63, 3.8) is 0 Å². The molecule has 1 saturated heterocycles. The van der Waals surface area contributed by atoms with E-state index in [4.69, 9.17) is 5.11 Å². The summed E-state index contributed by atoms with van der Waals surface area (Å²) in [4.78, 5) is 24.8. The zero-order chi connectivity index (χ0) is 14.2. The third-order valence-corrected chi connectivity index (χ3v) is 4.08. The number of carboxylic acid groups (broad SMARTS) is 1. The summed E-state index contributed by atoms with van der Waals surface area (Å²) >= 11 is 3.15. The van der Waals surface area contributed by atoms with Gasteiger partial charge >= 0.3 is 5.97 Å². The fraction of sp³-hybridized carbons (Fsp3) is 0.385. The molecule has 19 heavy (non-hydrogen) atoms. The number of carbonyl (C=O) groups is 2. The maximum atomic E-state index is 12.2. The standard InChI is InChI=1S/C13H14BrNO4/c1-7-5-15(6-9(7)13(18)19)12(17)8-2-3-10(14)11(16)4-8/h2-4,7,9,16H,5-6H2,1H3,(H,18,19). The Bertz CT molecular complexity index is 531. The van der Waals surface area contributed by atoms with E-state index in [1.165, 1.54) is 11.0 Å². The Morgan fingerprint density at radius 3 is 2.58 bits per heavy atom. The molecule has 0 radical (unpaired) electrons. The van der Waals surface area contributed by atoms with Gasteiger partial charge in [0, 0.05) is 18.7 Å². The van der Waals surface area contributed by atoms with Gasteiger partial charge in [-0.1, -0.05) is 6.92 Å². The van der Waals surface area contributed by atoms with Gasteiger partial charge in [-0.25, -0.2) is 0 Å². The lowest BCUT2D eigenvalue weighted by atomic mass is 9.99. The first kappa shape index (κ1) is 13.9. The number of aliphatic carboxylic acids is 1. The summed E-state index contributed by atoms with van der Waals surface area (Å²) in [5, 5.41) is 18.6. The minimum absolute atomic E-state index is 0.00659. The molecule has 1 aromatic carbocycles. The molecular weight excluding hydrogens is 314 g/mol. The Labute approximate surface area is 119 Å². The molecule has 0 bridgehead atoms. The summed E-state index contributed by atoms with van der Waals surface area (Å²) in [6.07, 6.45) is 0. The van der Waals surface area contributed by atoms with Gasteiger partial charge in [-0.15, -0.1) is 0 Å². The molecule has 1 aliphatic rings. The van der Waals surface area contributed by atoms with E-state index in [1.54, 1.807) is 12.1 Å². The molecule has 0 saturated carbocycles. The number of halogens is 1.